The molecule has 4 aliphatic rings. The molecule has 354 valence electrons. The predicted molar refractivity (Wildman–Crippen MR) is 261 cm³/mol. The third-order valence-corrected chi connectivity index (χ3v) is 14.6. The minimum Gasteiger partial charge on any atom is -0.454 e. The lowest BCUT2D eigenvalue weighted by Crippen LogP contribution is -2.51. The first-order valence-electron chi connectivity index (χ1n) is 22.7. The summed E-state index contributed by atoms with van der Waals surface area (Å²) in [6.07, 6.45) is 5.12. The molecule has 2 fully saturated rings. The van der Waals surface area contributed by atoms with E-state index in [2.05, 4.69) is 50.8 Å². The molecule has 2 saturated heterocycles. The van der Waals surface area contributed by atoms with Crippen molar-refractivity contribution >= 4 is 68.1 Å². The summed E-state index contributed by atoms with van der Waals surface area (Å²) in [6.45, 7) is 12.1. The number of rotatable bonds is 14. The second-order valence-corrected chi connectivity index (χ2v) is 20.4. The number of allylic oxidation sites excluding steroid dienone is 1. The monoisotopic (exact) mass is 952 g/mol. The van der Waals surface area contributed by atoms with Gasteiger partial charge >= 0.3 is 6.03 Å². The highest BCUT2D eigenvalue weighted by Gasteiger charge is 2.32. The van der Waals surface area contributed by atoms with Crippen LogP contribution in [0.15, 0.2) is 94.3 Å². The Bertz CT molecular complexity index is 2700. The average Bonchev–Trinajstić information content (AvgIpc) is 3.81. The molecule has 3 heterocycles. The highest BCUT2D eigenvalue weighted by molar-refractivity contribution is 7.90. The van der Waals surface area contributed by atoms with Crippen molar-refractivity contribution in [2.45, 2.75) is 57.5 Å². The molecule has 1 atom stereocenters. The third-order valence-electron chi connectivity index (χ3n) is 13.0. The van der Waals surface area contributed by atoms with Crippen LogP contribution in [0.3, 0.4) is 0 Å². The SMILES string of the molecule is CCN(C)C(=O)N1CCOC(CNc2ccc(S(=O)(=O)NC(=O)c3ccc(N4CCN(CC5=C(c6ccc(Cl)cc6)CC(C)(C)CC5)CC4)cc3Oc3cccc4c3N=CC4)cc2[N+](=O)[O-])C1. The van der Waals surface area contributed by atoms with Crippen LogP contribution < -0.4 is 19.7 Å². The molecule has 8 rings (SSSR count). The van der Waals surface area contributed by atoms with Gasteiger partial charge in [0, 0.05) is 94.9 Å². The number of fused-ring (bicyclic) bond motifs is 1. The quantitative estimate of drug-likeness (QED) is 0.0916. The number of hydrogen-bond donors (Lipinski definition) is 2. The van der Waals surface area contributed by atoms with E-state index in [0.717, 1.165) is 61.2 Å². The van der Waals surface area contributed by atoms with Gasteiger partial charge in [0.2, 0.25) is 0 Å². The number of piperazine rings is 1. The van der Waals surface area contributed by atoms with E-state index < -0.39 is 37.5 Å². The molecule has 0 saturated carbocycles. The van der Waals surface area contributed by atoms with Crippen LogP contribution in [-0.2, 0) is 21.2 Å². The number of urea groups is 1. The summed E-state index contributed by atoms with van der Waals surface area (Å²) in [6, 6.07) is 22.0. The zero-order chi connectivity index (χ0) is 47.5. The number of benzene rings is 4. The van der Waals surface area contributed by atoms with Crippen molar-refractivity contribution in [3.63, 3.8) is 0 Å². The summed E-state index contributed by atoms with van der Waals surface area (Å²) >= 11 is 6.25. The van der Waals surface area contributed by atoms with Gasteiger partial charge in [-0.1, -0.05) is 55.3 Å². The summed E-state index contributed by atoms with van der Waals surface area (Å²) in [5.74, 6) is -0.437. The Kier molecular flexibility index (Phi) is 14.2. The number of nitrogens with one attached hydrogen (secondary N) is 2. The molecular weight excluding hydrogens is 896 g/mol. The van der Waals surface area contributed by atoms with E-state index in [-0.39, 0.29) is 41.5 Å². The Morgan fingerprint density at radius 3 is 2.54 bits per heavy atom. The van der Waals surface area contributed by atoms with Gasteiger partial charge in [0.15, 0.2) is 5.75 Å². The zero-order valence-electron chi connectivity index (χ0n) is 38.3. The predicted octanol–water partition coefficient (Wildman–Crippen LogP) is 8.39. The van der Waals surface area contributed by atoms with Gasteiger partial charge in [-0.25, -0.2) is 17.9 Å². The minimum absolute atomic E-state index is 0.0506. The highest BCUT2D eigenvalue weighted by Crippen LogP contribution is 2.44. The lowest BCUT2D eigenvalue weighted by molar-refractivity contribution is -0.384. The van der Waals surface area contributed by atoms with Gasteiger partial charge in [-0.2, -0.15) is 0 Å². The fourth-order valence-electron chi connectivity index (χ4n) is 9.02. The van der Waals surface area contributed by atoms with Crippen molar-refractivity contribution in [2.24, 2.45) is 10.4 Å². The van der Waals surface area contributed by atoms with Gasteiger partial charge < -0.3 is 29.5 Å². The van der Waals surface area contributed by atoms with Crippen LogP contribution in [0.25, 0.3) is 5.57 Å². The summed E-state index contributed by atoms with van der Waals surface area (Å²) in [5, 5.41) is 16.0. The third kappa shape index (κ3) is 11.1. The fourth-order valence-corrected chi connectivity index (χ4v) is 10.1. The first-order valence-corrected chi connectivity index (χ1v) is 24.5. The van der Waals surface area contributed by atoms with Gasteiger partial charge in [0.1, 0.15) is 17.1 Å². The van der Waals surface area contributed by atoms with Gasteiger partial charge in [-0.3, -0.25) is 24.8 Å². The van der Waals surface area contributed by atoms with Crippen LogP contribution in [-0.4, -0.2) is 125 Å². The molecule has 67 heavy (non-hydrogen) atoms. The minimum atomic E-state index is -4.63. The maximum absolute atomic E-state index is 14.1. The second kappa shape index (κ2) is 20.1. The number of carbonyl (C=O) groups is 2. The Labute approximate surface area is 396 Å². The number of sulfonamides is 1. The summed E-state index contributed by atoms with van der Waals surface area (Å²) < 4.78 is 42.0. The lowest BCUT2D eigenvalue weighted by Gasteiger charge is -2.39. The molecule has 0 bridgehead atoms. The first kappa shape index (κ1) is 47.5. The molecular formula is C49H57ClN8O8S. The van der Waals surface area contributed by atoms with Crippen molar-refractivity contribution in [3.8, 4) is 11.5 Å². The van der Waals surface area contributed by atoms with Crippen LogP contribution in [0.5, 0.6) is 11.5 Å². The number of para-hydroxylation sites is 1. The molecule has 0 spiro atoms. The Hall–Kier alpha value is -6.01. The van der Waals surface area contributed by atoms with Gasteiger partial charge in [-0.15, -0.1) is 0 Å². The second-order valence-electron chi connectivity index (χ2n) is 18.2. The summed E-state index contributed by atoms with van der Waals surface area (Å²) in [5.41, 5.74) is 6.18. The van der Waals surface area contributed by atoms with Crippen LogP contribution in [0.4, 0.5) is 27.5 Å². The standard InChI is InChI=1S/C49H57ClN8O8S/c1-5-54(4)48(60)57-25-26-65-38(32-57)30-52-42-16-14-39(28-43(42)58(61)62)67(63,64)53-47(59)40-15-13-37(27-45(40)66-44-8-6-7-34-18-20-51-46(34)44)56-23-21-55(22-24-56)31-35-17-19-49(2,3)29-41(35)33-9-11-36(50)12-10-33/h6-16,20,27-28,38,52H,5,17-19,21-26,29-32H2,1-4H3,(H,53,59). The number of ether oxygens (including phenoxy) is 2. The van der Waals surface area contributed by atoms with Gasteiger partial charge in [0.05, 0.1) is 34.6 Å². The fraction of sp³-hybridized carbons (Fsp3) is 0.408. The van der Waals surface area contributed by atoms with Gasteiger partial charge in [0.25, 0.3) is 21.6 Å². The van der Waals surface area contributed by atoms with Crippen molar-refractivity contribution in [1.29, 1.82) is 0 Å². The number of amides is 3. The van der Waals surface area contributed by atoms with Crippen molar-refractivity contribution in [2.75, 3.05) is 82.8 Å². The lowest BCUT2D eigenvalue weighted by atomic mass is 9.72. The maximum atomic E-state index is 14.1. The zero-order valence-corrected chi connectivity index (χ0v) is 39.9. The van der Waals surface area contributed by atoms with E-state index in [1.807, 2.05) is 31.2 Å². The molecule has 4 aromatic carbocycles. The smallest absolute Gasteiger partial charge is 0.319 e. The molecule has 1 unspecified atom stereocenters. The first-order chi connectivity index (χ1) is 32.1. The number of nitro groups is 1. The van der Waals surface area contributed by atoms with Gasteiger partial charge in [-0.05, 0) is 90.8 Å². The number of carbonyl (C=O) groups excluding carboxylic acids is 2. The summed E-state index contributed by atoms with van der Waals surface area (Å²) in [7, 11) is -2.92. The molecule has 0 radical (unpaired) electrons. The summed E-state index contributed by atoms with van der Waals surface area (Å²) in [4.78, 5) is 50.3. The van der Waals surface area contributed by atoms with Crippen molar-refractivity contribution in [3.05, 3.63) is 116 Å². The van der Waals surface area contributed by atoms with E-state index in [0.29, 0.717) is 50.6 Å². The number of hydrogen-bond acceptors (Lipinski definition) is 12. The highest BCUT2D eigenvalue weighted by atomic mass is 35.5. The normalized spacial score (nSPS) is 18.4. The molecule has 0 aromatic heterocycles. The van der Waals surface area contributed by atoms with E-state index in [9.17, 15) is 28.1 Å². The van der Waals surface area contributed by atoms with Crippen LogP contribution >= 0.6 is 11.6 Å². The molecule has 18 heteroatoms. The molecule has 4 aromatic rings. The number of halogens is 1. The number of nitrogens with zero attached hydrogens (tertiary/aromatic N) is 6. The van der Waals surface area contributed by atoms with Crippen LogP contribution in [0.2, 0.25) is 5.02 Å². The molecule has 1 aliphatic carbocycles. The number of anilines is 2. The molecule has 3 aliphatic heterocycles. The van der Waals surface area contributed by atoms with E-state index in [1.54, 1.807) is 47.3 Å². The average molecular weight is 954 g/mol. The van der Waals surface area contributed by atoms with Crippen LogP contribution in [0.1, 0.15) is 61.5 Å². The topological polar surface area (TPSA) is 179 Å². The Balaban J connectivity index is 0.984. The number of morpholine rings is 1. The van der Waals surface area contributed by atoms with E-state index in [1.165, 1.54) is 28.8 Å². The Morgan fingerprint density at radius 1 is 1.01 bits per heavy atom. The van der Waals surface area contributed by atoms with Crippen LogP contribution in [0, 0.1) is 15.5 Å². The molecule has 16 nitrogen and oxygen atoms in total. The van der Waals surface area contributed by atoms with Crippen molar-refractivity contribution in [1.82, 2.24) is 19.4 Å². The molecule has 2 N–H and O–H groups in total. The largest absolute Gasteiger partial charge is 0.454 e. The van der Waals surface area contributed by atoms with Crippen molar-refractivity contribution < 1.29 is 32.4 Å². The number of nitro benzene ring substituents is 1. The molecule has 3 amide bonds. The van der Waals surface area contributed by atoms with E-state index in [4.69, 9.17) is 21.1 Å². The van der Waals surface area contributed by atoms with E-state index >= 15 is 0 Å². The number of aliphatic imine (C=N–C) groups is 1. The maximum Gasteiger partial charge on any atom is 0.319 e. The Morgan fingerprint density at radius 2 is 1.79 bits per heavy atom.